The fourth-order valence-electron chi connectivity index (χ4n) is 1.72. The predicted octanol–water partition coefficient (Wildman–Crippen LogP) is 2.83. The molecule has 1 aromatic rings. The first-order chi connectivity index (χ1) is 7.86. The van der Waals surface area contributed by atoms with Crippen LogP contribution in [0.3, 0.4) is 0 Å². The maximum absolute atomic E-state index is 13.3. The third-order valence-electron chi connectivity index (χ3n) is 2.59. The minimum absolute atomic E-state index is 0.00411. The van der Waals surface area contributed by atoms with Gasteiger partial charge in [0.05, 0.1) is 0 Å². The Hall–Kier alpha value is -1.00. The van der Waals surface area contributed by atoms with Crippen molar-refractivity contribution in [2.45, 2.75) is 38.8 Å². The predicted molar refractivity (Wildman–Crippen MR) is 64.1 cm³/mol. The van der Waals surface area contributed by atoms with Gasteiger partial charge in [0.2, 0.25) is 0 Å². The number of rotatable bonds is 5. The van der Waals surface area contributed by atoms with Crippen LogP contribution in [0.1, 0.15) is 37.9 Å². The molecule has 0 saturated heterocycles. The summed E-state index contributed by atoms with van der Waals surface area (Å²) in [4.78, 5) is 0. The van der Waals surface area contributed by atoms with Crippen molar-refractivity contribution in [3.8, 4) is 0 Å². The van der Waals surface area contributed by atoms with E-state index in [1.165, 1.54) is 12.1 Å². The number of hydrogen-bond donors (Lipinski definition) is 2. The van der Waals surface area contributed by atoms with E-state index in [-0.39, 0.29) is 17.6 Å². The summed E-state index contributed by atoms with van der Waals surface area (Å²) in [5, 5.41) is 11.9. The topological polar surface area (TPSA) is 32.3 Å². The van der Waals surface area contributed by atoms with Gasteiger partial charge in [0, 0.05) is 17.6 Å². The largest absolute Gasteiger partial charge is 0.390 e. The highest BCUT2D eigenvalue weighted by Crippen LogP contribution is 2.29. The molecule has 96 valence electrons. The Morgan fingerprint density at radius 1 is 1.29 bits per heavy atom. The highest BCUT2D eigenvalue weighted by Gasteiger charge is 2.30. The van der Waals surface area contributed by atoms with Crippen LogP contribution in [0.5, 0.6) is 0 Å². The first-order valence-corrected chi connectivity index (χ1v) is 5.72. The summed E-state index contributed by atoms with van der Waals surface area (Å²) in [7, 11) is 0. The lowest BCUT2D eigenvalue weighted by atomic mass is 10.0. The molecule has 1 atom stereocenters. The van der Waals surface area contributed by atoms with Crippen LogP contribution in [0.15, 0.2) is 24.3 Å². The van der Waals surface area contributed by atoms with E-state index < -0.39 is 12.5 Å². The van der Waals surface area contributed by atoms with Gasteiger partial charge in [-0.25, -0.2) is 0 Å². The lowest BCUT2D eigenvalue weighted by Gasteiger charge is -2.20. The van der Waals surface area contributed by atoms with Gasteiger partial charge in [-0.15, -0.1) is 0 Å². The average molecular weight is 243 g/mol. The molecule has 0 fully saturated rings. The summed E-state index contributed by atoms with van der Waals surface area (Å²) in [6.07, 6.45) is 0. The van der Waals surface area contributed by atoms with E-state index >= 15 is 0 Å². The molecule has 0 saturated carbocycles. The van der Waals surface area contributed by atoms with Crippen molar-refractivity contribution in [2.75, 3.05) is 6.61 Å². The van der Waals surface area contributed by atoms with Crippen molar-refractivity contribution in [3.05, 3.63) is 35.4 Å². The van der Waals surface area contributed by atoms with Gasteiger partial charge in [-0.1, -0.05) is 32.0 Å². The van der Waals surface area contributed by atoms with E-state index in [1.54, 1.807) is 12.1 Å². The van der Waals surface area contributed by atoms with Crippen molar-refractivity contribution in [2.24, 2.45) is 0 Å². The molecule has 4 heteroatoms. The highest BCUT2D eigenvalue weighted by molar-refractivity contribution is 5.28. The second-order valence-corrected chi connectivity index (χ2v) is 4.53. The Balaban J connectivity index is 2.93. The van der Waals surface area contributed by atoms with E-state index in [0.29, 0.717) is 0 Å². The van der Waals surface area contributed by atoms with Crippen molar-refractivity contribution in [1.29, 1.82) is 0 Å². The second kappa shape index (κ2) is 5.56. The third-order valence-corrected chi connectivity index (χ3v) is 2.59. The average Bonchev–Trinajstić information content (AvgIpc) is 2.28. The van der Waals surface area contributed by atoms with Crippen LogP contribution >= 0.6 is 0 Å². The first kappa shape index (κ1) is 14.1. The van der Waals surface area contributed by atoms with Gasteiger partial charge >= 0.3 is 0 Å². The lowest BCUT2D eigenvalue weighted by Crippen LogP contribution is -2.26. The van der Waals surface area contributed by atoms with Gasteiger partial charge in [0.15, 0.2) is 0 Å². The number of halogens is 2. The van der Waals surface area contributed by atoms with Gasteiger partial charge in [-0.2, -0.15) is 8.78 Å². The number of benzene rings is 1. The fraction of sp³-hybridized carbons (Fsp3) is 0.538. The first-order valence-electron chi connectivity index (χ1n) is 5.72. The van der Waals surface area contributed by atoms with Crippen LogP contribution in [0.2, 0.25) is 0 Å². The standard InChI is InChI=1S/C13H19F2NO/c1-9(2)16-10(3)11-5-4-6-12(7-11)13(14,15)8-17/h4-7,9-10,16-17H,8H2,1-3H3/t10-/m1/s1. The summed E-state index contributed by atoms with van der Waals surface area (Å²) in [6.45, 7) is 4.77. The molecule has 2 N–H and O–H groups in total. The molecule has 0 aliphatic rings. The molecule has 0 radical (unpaired) electrons. The normalized spacial score (nSPS) is 14.1. The van der Waals surface area contributed by atoms with E-state index in [0.717, 1.165) is 5.56 Å². The van der Waals surface area contributed by atoms with Crippen LogP contribution in [0, 0.1) is 0 Å². The van der Waals surface area contributed by atoms with Gasteiger partial charge in [0.1, 0.15) is 6.61 Å². The lowest BCUT2D eigenvalue weighted by molar-refractivity contribution is -0.0556. The summed E-state index contributed by atoms with van der Waals surface area (Å²) in [5.41, 5.74) is 0.652. The molecule has 0 spiro atoms. The molecule has 0 amide bonds. The molecule has 0 bridgehead atoms. The Bertz CT molecular complexity index is 366. The number of hydrogen-bond acceptors (Lipinski definition) is 2. The minimum Gasteiger partial charge on any atom is -0.390 e. The van der Waals surface area contributed by atoms with Crippen LogP contribution in [-0.2, 0) is 5.92 Å². The molecular formula is C13H19F2NO. The Kier molecular flexibility index (Phi) is 4.60. The van der Waals surface area contributed by atoms with E-state index in [9.17, 15) is 8.78 Å². The van der Waals surface area contributed by atoms with Gasteiger partial charge in [0.25, 0.3) is 5.92 Å². The van der Waals surface area contributed by atoms with E-state index in [1.807, 2.05) is 20.8 Å². The molecule has 1 aromatic carbocycles. The Morgan fingerprint density at radius 3 is 2.47 bits per heavy atom. The summed E-state index contributed by atoms with van der Waals surface area (Å²) >= 11 is 0. The molecule has 0 unspecified atom stereocenters. The molecular weight excluding hydrogens is 224 g/mol. The maximum atomic E-state index is 13.3. The molecule has 0 aliphatic carbocycles. The Labute approximate surface area is 101 Å². The number of aliphatic hydroxyl groups excluding tert-OH is 1. The number of alkyl halides is 2. The number of nitrogens with one attached hydrogen (secondary N) is 1. The van der Waals surface area contributed by atoms with Crippen molar-refractivity contribution in [1.82, 2.24) is 5.32 Å². The SMILES string of the molecule is CC(C)N[C@H](C)c1cccc(C(F)(F)CO)c1. The van der Waals surface area contributed by atoms with Crippen LogP contribution in [0.25, 0.3) is 0 Å². The van der Waals surface area contributed by atoms with E-state index in [2.05, 4.69) is 5.32 Å². The summed E-state index contributed by atoms with van der Waals surface area (Å²) < 4.78 is 26.6. The summed E-state index contributed by atoms with van der Waals surface area (Å²) in [5.74, 6) is -3.17. The van der Waals surface area contributed by atoms with Crippen molar-refractivity contribution in [3.63, 3.8) is 0 Å². The second-order valence-electron chi connectivity index (χ2n) is 4.53. The van der Waals surface area contributed by atoms with Gasteiger partial charge < -0.3 is 10.4 Å². The number of aliphatic hydroxyl groups is 1. The molecule has 2 nitrogen and oxygen atoms in total. The van der Waals surface area contributed by atoms with Crippen LogP contribution in [0.4, 0.5) is 8.78 Å². The molecule has 0 aromatic heterocycles. The molecule has 0 aliphatic heterocycles. The smallest absolute Gasteiger partial charge is 0.295 e. The molecule has 1 rings (SSSR count). The van der Waals surface area contributed by atoms with Gasteiger partial charge in [-0.3, -0.25) is 0 Å². The monoisotopic (exact) mass is 243 g/mol. The zero-order chi connectivity index (χ0) is 13.1. The van der Waals surface area contributed by atoms with Crippen LogP contribution in [-0.4, -0.2) is 17.8 Å². The van der Waals surface area contributed by atoms with Crippen molar-refractivity contribution < 1.29 is 13.9 Å². The maximum Gasteiger partial charge on any atom is 0.295 e. The highest BCUT2D eigenvalue weighted by atomic mass is 19.3. The van der Waals surface area contributed by atoms with Crippen LogP contribution < -0.4 is 5.32 Å². The zero-order valence-corrected chi connectivity index (χ0v) is 10.4. The zero-order valence-electron chi connectivity index (χ0n) is 10.4. The quantitative estimate of drug-likeness (QED) is 0.833. The fourth-order valence-corrected chi connectivity index (χ4v) is 1.72. The summed E-state index contributed by atoms with van der Waals surface area (Å²) in [6, 6.07) is 6.46. The molecule has 17 heavy (non-hydrogen) atoms. The molecule has 0 heterocycles. The third kappa shape index (κ3) is 3.75. The Morgan fingerprint density at radius 2 is 1.94 bits per heavy atom. The minimum atomic E-state index is -3.17. The van der Waals surface area contributed by atoms with E-state index in [4.69, 9.17) is 5.11 Å². The van der Waals surface area contributed by atoms with Crippen molar-refractivity contribution >= 4 is 0 Å². The van der Waals surface area contributed by atoms with Gasteiger partial charge in [-0.05, 0) is 18.6 Å².